The number of aliphatic imine (C=N–C) groups is 1. The Kier molecular flexibility index (Phi) is 4.67. The van der Waals surface area contributed by atoms with Crippen molar-refractivity contribution in [3.8, 4) is 11.8 Å². The van der Waals surface area contributed by atoms with Crippen molar-refractivity contribution in [3.05, 3.63) is 59.7 Å². The van der Waals surface area contributed by atoms with Crippen molar-refractivity contribution in [2.24, 2.45) is 10.7 Å². The average molecular weight is 279 g/mol. The molecular formula is C16H13N3O2. The lowest BCUT2D eigenvalue weighted by atomic mass is 10.2. The molecule has 0 aliphatic rings. The van der Waals surface area contributed by atoms with Crippen LogP contribution >= 0.6 is 0 Å². The molecular weight excluding hydrogens is 266 g/mol. The molecule has 104 valence electrons. The maximum atomic E-state index is 10.6. The van der Waals surface area contributed by atoms with Crippen molar-refractivity contribution in [2.45, 2.75) is 0 Å². The molecule has 2 aromatic carbocycles. The number of primary amides is 1. The van der Waals surface area contributed by atoms with Gasteiger partial charge in [0.1, 0.15) is 5.75 Å². The summed E-state index contributed by atoms with van der Waals surface area (Å²) in [6.45, 7) is -0.140. The monoisotopic (exact) mass is 279 g/mol. The molecule has 0 fully saturated rings. The molecule has 0 saturated heterocycles. The fourth-order valence-corrected chi connectivity index (χ4v) is 1.58. The van der Waals surface area contributed by atoms with E-state index in [9.17, 15) is 4.79 Å². The molecule has 2 rings (SSSR count). The van der Waals surface area contributed by atoms with Crippen molar-refractivity contribution >= 4 is 17.8 Å². The predicted molar refractivity (Wildman–Crippen MR) is 79.5 cm³/mol. The quantitative estimate of drug-likeness (QED) is 0.851. The topological polar surface area (TPSA) is 88.5 Å². The second-order valence-electron chi connectivity index (χ2n) is 4.24. The highest BCUT2D eigenvalue weighted by molar-refractivity contribution is 5.82. The van der Waals surface area contributed by atoms with E-state index < -0.39 is 5.91 Å². The Balaban J connectivity index is 2.00. The Morgan fingerprint density at radius 2 is 1.86 bits per heavy atom. The number of hydrogen-bond donors (Lipinski definition) is 1. The van der Waals surface area contributed by atoms with Crippen molar-refractivity contribution in [2.75, 3.05) is 6.61 Å². The molecule has 5 nitrogen and oxygen atoms in total. The van der Waals surface area contributed by atoms with Crippen molar-refractivity contribution in [1.29, 1.82) is 5.26 Å². The zero-order valence-corrected chi connectivity index (χ0v) is 11.2. The van der Waals surface area contributed by atoms with Crippen LogP contribution in [0.25, 0.3) is 0 Å². The van der Waals surface area contributed by atoms with Gasteiger partial charge in [0.05, 0.1) is 17.3 Å². The summed E-state index contributed by atoms with van der Waals surface area (Å²) in [7, 11) is 0. The third-order valence-corrected chi connectivity index (χ3v) is 2.62. The maximum Gasteiger partial charge on any atom is 0.255 e. The smallest absolute Gasteiger partial charge is 0.255 e. The molecule has 5 heteroatoms. The first-order chi connectivity index (χ1) is 10.2. The van der Waals surface area contributed by atoms with Crippen LogP contribution in [0.4, 0.5) is 5.69 Å². The summed E-state index contributed by atoms with van der Waals surface area (Å²) in [4.78, 5) is 14.9. The van der Waals surface area contributed by atoms with E-state index in [4.69, 9.17) is 15.7 Å². The van der Waals surface area contributed by atoms with Crippen molar-refractivity contribution in [1.82, 2.24) is 0 Å². The number of hydrogen-bond acceptors (Lipinski definition) is 4. The largest absolute Gasteiger partial charge is 0.484 e. The van der Waals surface area contributed by atoms with Gasteiger partial charge in [-0.05, 0) is 54.1 Å². The van der Waals surface area contributed by atoms with E-state index in [1.165, 1.54) is 0 Å². The van der Waals surface area contributed by atoms with E-state index in [0.29, 0.717) is 11.3 Å². The standard InChI is InChI=1S/C16H13N3O2/c17-9-12-1-5-14(6-2-12)19-10-13-3-7-15(8-4-13)21-11-16(18)20/h1-8,10H,11H2,(H2,18,20). The summed E-state index contributed by atoms with van der Waals surface area (Å²) in [5.41, 5.74) is 7.26. The van der Waals surface area contributed by atoms with Gasteiger partial charge in [-0.1, -0.05) is 0 Å². The second-order valence-corrected chi connectivity index (χ2v) is 4.24. The van der Waals surface area contributed by atoms with Gasteiger partial charge in [-0.2, -0.15) is 5.26 Å². The SMILES string of the molecule is N#Cc1ccc(N=Cc2ccc(OCC(N)=O)cc2)cc1. The van der Waals surface area contributed by atoms with Gasteiger partial charge in [-0.25, -0.2) is 0 Å². The molecule has 2 aromatic rings. The first-order valence-corrected chi connectivity index (χ1v) is 6.23. The van der Waals surface area contributed by atoms with Gasteiger partial charge in [0, 0.05) is 6.21 Å². The molecule has 0 aliphatic heterocycles. The van der Waals surface area contributed by atoms with E-state index >= 15 is 0 Å². The Labute approximate surface area is 122 Å². The lowest BCUT2D eigenvalue weighted by Gasteiger charge is -2.03. The van der Waals surface area contributed by atoms with Crippen LogP contribution in [-0.4, -0.2) is 18.7 Å². The Bertz CT molecular complexity index is 683. The number of carbonyl (C=O) groups is 1. The van der Waals surface area contributed by atoms with Crippen LogP contribution in [0, 0.1) is 11.3 Å². The highest BCUT2D eigenvalue weighted by atomic mass is 16.5. The second kappa shape index (κ2) is 6.87. The van der Waals surface area contributed by atoms with Gasteiger partial charge in [-0.15, -0.1) is 0 Å². The lowest BCUT2D eigenvalue weighted by molar-refractivity contribution is -0.119. The van der Waals surface area contributed by atoms with Crippen LogP contribution in [0.3, 0.4) is 0 Å². The molecule has 0 atom stereocenters. The summed E-state index contributed by atoms with van der Waals surface area (Å²) in [5.74, 6) is 0.0609. The van der Waals surface area contributed by atoms with Crippen LogP contribution in [0.2, 0.25) is 0 Å². The Hall–Kier alpha value is -3.13. The third kappa shape index (κ3) is 4.48. The van der Waals surface area contributed by atoms with Crippen LogP contribution in [0.5, 0.6) is 5.75 Å². The molecule has 0 saturated carbocycles. The first-order valence-electron chi connectivity index (χ1n) is 6.23. The molecule has 0 spiro atoms. The summed E-state index contributed by atoms with van der Waals surface area (Å²) in [5, 5.41) is 8.71. The number of nitriles is 1. The summed E-state index contributed by atoms with van der Waals surface area (Å²) < 4.78 is 5.16. The normalized spacial score (nSPS) is 10.2. The molecule has 0 unspecified atom stereocenters. The van der Waals surface area contributed by atoms with Gasteiger partial charge in [-0.3, -0.25) is 9.79 Å². The van der Waals surface area contributed by atoms with Gasteiger partial charge in [0.15, 0.2) is 6.61 Å². The molecule has 21 heavy (non-hydrogen) atoms. The van der Waals surface area contributed by atoms with E-state index in [2.05, 4.69) is 11.1 Å². The van der Waals surface area contributed by atoms with Crippen LogP contribution < -0.4 is 10.5 Å². The van der Waals surface area contributed by atoms with Crippen molar-refractivity contribution < 1.29 is 9.53 Å². The minimum atomic E-state index is -0.513. The molecule has 0 aromatic heterocycles. The average Bonchev–Trinajstić information content (AvgIpc) is 2.52. The van der Waals surface area contributed by atoms with Gasteiger partial charge < -0.3 is 10.5 Å². The summed E-state index contributed by atoms with van der Waals surface area (Å²) >= 11 is 0. The predicted octanol–water partition coefficient (Wildman–Crippen LogP) is 2.17. The van der Waals surface area contributed by atoms with E-state index in [-0.39, 0.29) is 6.61 Å². The zero-order valence-electron chi connectivity index (χ0n) is 11.2. The highest BCUT2D eigenvalue weighted by Crippen LogP contribution is 2.14. The first kappa shape index (κ1) is 14.3. The van der Waals surface area contributed by atoms with Crippen LogP contribution in [-0.2, 0) is 4.79 Å². The van der Waals surface area contributed by atoms with E-state index in [1.54, 1.807) is 42.6 Å². The van der Waals surface area contributed by atoms with E-state index in [1.807, 2.05) is 12.1 Å². The van der Waals surface area contributed by atoms with Crippen molar-refractivity contribution in [3.63, 3.8) is 0 Å². The van der Waals surface area contributed by atoms with Crippen LogP contribution in [0.1, 0.15) is 11.1 Å². The lowest BCUT2D eigenvalue weighted by Crippen LogP contribution is -2.19. The molecule has 1 amide bonds. The molecule has 0 bridgehead atoms. The number of nitrogens with zero attached hydrogens (tertiary/aromatic N) is 2. The number of carbonyl (C=O) groups excluding carboxylic acids is 1. The Morgan fingerprint density at radius 3 is 2.43 bits per heavy atom. The maximum absolute atomic E-state index is 10.6. The molecule has 2 N–H and O–H groups in total. The fourth-order valence-electron chi connectivity index (χ4n) is 1.58. The number of nitrogens with two attached hydrogens (primary N) is 1. The number of rotatable bonds is 5. The zero-order chi connectivity index (χ0) is 15.1. The van der Waals surface area contributed by atoms with Crippen LogP contribution in [0.15, 0.2) is 53.5 Å². The van der Waals surface area contributed by atoms with Gasteiger partial charge in [0.2, 0.25) is 0 Å². The van der Waals surface area contributed by atoms with E-state index in [0.717, 1.165) is 11.3 Å². The molecule has 0 radical (unpaired) electrons. The third-order valence-electron chi connectivity index (χ3n) is 2.62. The minimum Gasteiger partial charge on any atom is -0.484 e. The number of ether oxygens (including phenoxy) is 1. The number of benzene rings is 2. The molecule has 0 heterocycles. The summed E-state index contributed by atoms with van der Waals surface area (Å²) in [6, 6.07) is 16.2. The van der Waals surface area contributed by atoms with Gasteiger partial charge in [0.25, 0.3) is 5.91 Å². The summed E-state index contributed by atoms with van der Waals surface area (Å²) in [6.07, 6.45) is 1.71. The number of amides is 1. The molecule has 0 aliphatic carbocycles. The fraction of sp³-hybridized carbons (Fsp3) is 0.0625. The Morgan fingerprint density at radius 1 is 1.19 bits per heavy atom. The van der Waals surface area contributed by atoms with Gasteiger partial charge >= 0.3 is 0 Å². The highest BCUT2D eigenvalue weighted by Gasteiger charge is 1.97. The minimum absolute atomic E-state index is 0.140.